The summed E-state index contributed by atoms with van der Waals surface area (Å²) in [6.45, 7) is 2.06. The van der Waals surface area contributed by atoms with E-state index in [2.05, 4.69) is 35.9 Å². The standard InChI is InChI=1S/C11H18BrN5O2S/c1-16-11(10(12)13-15-16)20(18,19)14-8-5-7-17-6-3-2-4-9(8)17/h8-9,14H,2-7H2,1H3. The summed E-state index contributed by atoms with van der Waals surface area (Å²) in [5, 5.41) is 7.56. The number of sulfonamides is 1. The minimum atomic E-state index is -3.60. The molecule has 2 aliphatic rings. The van der Waals surface area contributed by atoms with Crippen molar-refractivity contribution in [3.05, 3.63) is 4.60 Å². The molecule has 1 N–H and O–H groups in total. The van der Waals surface area contributed by atoms with E-state index >= 15 is 0 Å². The van der Waals surface area contributed by atoms with Crippen LogP contribution in [0.4, 0.5) is 0 Å². The fourth-order valence-electron chi connectivity index (χ4n) is 3.25. The highest BCUT2D eigenvalue weighted by atomic mass is 79.9. The highest BCUT2D eigenvalue weighted by Crippen LogP contribution is 2.28. The van der Waals surface area contributed by atoms with Crippen molar-refractivity contribution in [2.75, 3.05) is 13.1 Å². The van der Waals surface area contributed by atoms with Crippen LogP contribution >= 0.6 is 15.9 Å². The van der Waals surface area contributed by atoms with E-state index in [0.29, 0.717) is 6.04 Å². The van der Waals surface area contributed by atoms with Gasteiger partial charge in [-0.2, -0.15) is 0 Å². The van der Waals surface area contributed by atoms with Crippen LogP contribution in [0.3, 0.4) is 0 Å². The Balaban J connectivity index is 1.80. The Bertz CT molecular complexity index is 582. The van der Waals surface area contributed by atoms with Crippen molar-refractivity contribution in [1.82, 2.24) is 24.6 Å². The van der Waals surface area contributed by atoms with Gasteiger partial charge in [0.25, 0.3) is 10.0 Å². The minimum Gasteiger partial charge on any atom is -0.299 e. The van der Waals surface area contributed by atoms with Crippen molar-refractivity contribution >= 4 is 26.0 Å². The maximum Gasteiger partial charge on any atom is 0.260 e. The van der Waals surface area contributed by atoms with Crippen LogP contribution in [0.25, 0.3) is 0 Å². The van der Waals surface area contributed by atoms with Crippen LogP contribution < -0.4 is 4.72 Å². The van der Waals surface area contributed by atoms with Crippen molar-refractivity contribution in [2.45, 2.75) is 42.8 Å². The van der Waals surface area contributed by atoms with Crippen LogP contribution in [0.1, 0.15) is 25.7 Å². The van der Waals surface area contributed by atoms with Crippen LogP contribution in [-0.2, 0) is 17.1 Å². The van der Waals surface area contributed by atoms with Gasteiger partial charge in [-0.1, -0.05) is 11.6 Å². The zero-order chi connectivity index (χ0) is 14.3. The van der Waals surface area contributed by atoms with Crippen molar-refractivity contribution < 1.29 is 8.42 Å². The van der Waals surface area contributed by atoms with E-state index in [1.807, 2.05) is 0 Å². The number of aromatic nitrogens is 3. The third-order valence-electron chi connectivity index (χ3n) is 4.15. The average Bonchev–Trinajstić information content (AvgIpc) is 2.94. The highest BCUT2D eigenvalue weighted by Gasteiger charge is 2.38. The fraction of sp³-hybridized carbons (Fsp3) is 0.818. The van der Waals surface area contributed by atoms with Gasteiger partial charge in [-0.25, -0.2) is 17.8 Å². The lowest BCUT2D eigenvalue weighted by Crippen LogP contribution is -2.47. The number of hydrogen-bond donors (Lipinski definition) is 1. The van der Waals surface area contributed by atoms with Crippen LogP contribution in [0.2, 0.25) is 0 Å². The molecule has 0 radical (unpaired) electrons. The monoisotopic (exact) mass is 363 g/mol. The molecule has 1 aromatic rings. The van der Waals surface area contributed by atoms with E-state index in [-0.39, 0.29) is 15.7 Å². The van der Waals surface area contributed by atoms with Gasteiger partial charge >= 0.3 is 0 Å². The maximum atomic E-state index is 12.5. The number of nitrogens with zero attached hydrogens (tertiary/aromatic N) is 4. The second kappa shape index (κ2) is 5.36. The predicted octanol–water partition coefficient (Wildman–Crippen LogP) is 0.483. The number of rotatable bonds is 3. The third-order valence-corrected chi connectivity index (χ3v) is 6.53. The number of halogens is 1. The zero-order valence-electron chi connectivity index (χ0n) is 11.3. The second-order valence-corrected chi connectivity index (χ2v) is 7.80. The predicted molar refractivity (Wildman–Crippen MR) is 76.6 cm³/mol. The van der Waals surface area contributed by atoms with E-state index in [0.717, 1.165) is 25.9 Å². The summed E-state index contributed by atoms with van der Waals surface area (Å²) in [5.41, 5.74) is 0. The van der Waals surface area contributed by atoms with Crippen LogP contribution in [-0.4, -0.2) is 53.5 Å². The van der Waals surface area contributed by atoms with Gasteiger partial charge in [0.2, 0.25) is 5.03 Å². The summed E-state index contributed by atoms with van der Waals surface area (Å²) < 4.78 is 29.4. The van der Waals surface area contributed by atoms with Crippen molar-refractivity contribution in [3.63, 3.8) is 0 Å². The summed E-state index contributed by atoms with van der Waals surface area (Å²) in [5.74, 6) is 0. The molecule has 9 heteroatoms. The van der Waals surface area contributed by atoms with Gasteiger partial charge < -0.3 is 0 Å². The molecule has 112 valence electrons. The molecule has 7 nitrogen and oxygen atoms in total. The average molecular weight is 364 g/mol. The first kappa shape index (κ1) is 14.4. The van der Waals surface area contributed by atoms with Gasteiger partial charge in [0.05, 0.1) is 0 Å². The van der Waals surface area contributed by atoms with Crippen LogP contribution in [0.15, 0.2) is 9.63 Å². The van der Waals surface area contributed by atoms with Crippen LogP contribution in [0, 0.1) is 0 Å². The Kier molecular flexibility index (Phi) is 3.87. The summed E-state index contributed by atoms with van der Waals surface area (Å²) in [6.07, 6.45) is 4.33. The quantitative estimate of drug-likeness (QED) is 0.844. The zero-order valence-corrected chi connectivity index (χ0v) is 13.7. The molecule has 3 heterocycles. The molecular weight excluding hydrogens is 346 g/mol. The molecule has 2 aliphatic heterocycles. The summed E-state index contributed by atoms with van der Waals surface area (Å²) in [4.78, 5) is 2.40. The van der Waals surface area contributed by atoms with Gasteiger partial charge in [0.15, 0.2) is 4.60 Å². The van der Waals surface area contributed by atoms with E-state index in [4.69, 9.17) is 0 Å². The first-order valence-electron chi connectivity index (χ1n) is 6.80. The van der Waals surface area contributed by atoms with Gasteiger partial charge in [-0.05, 0) is 41.7 Å². The number of piperidine rings is 1. The molecule has 1 aromatic heterocycles. The Morgan fingerprint density at radius 2 is 2.10 bits per heavy atom. The van der Waals surface area contributed by atoms with Gasteiger partial charge in [-0.3, -0.25) is 4.90 Å². The fourth-order valence-corrected chi connectivity index (χ4v) is 5.65. The molecule has 20 heavy (non-hydrogen) atoms. The van der Waals surface area contributed by atoms with E-state index in [9.17, 15) is 8.42 Å². The largest absolute Gasteiger partial charge is 0.299 e. The molecular formula is C11H18BrN5O2S. The molecule has 2 fully saturated rings. The van der Waals surface area contributed by atoms with E-state index in [1.54, 1.807) is 7.05 Å². The molecule has 0 amide bonds. The topological polar surface area (TPSA) is 80.1 Å². The molecule has 2 unspecified atom stereocenters. The highest BCUT2D eigenvalue weighted by molar-refractivity contribution is 9.10. The lowest BCUT2D eigenvalue weighted by molar-refractivity contribution is 0.186. The molecule has 2 saturated heterocycles. The summed E-state index contributed by atoms with van der Waals surface area (Å²) >= 11 is 3.15. The summed E-state index contributed by atoms with van der Waals surface area (Å²) in [6, 6.07) is 0.320. The second-order valence-electron chi connectivity index (χ2n) is 5.42. The molecule has 0 spiro atoms. The number of hydrogen-bond acceptors (Lipinski definition) is 5. The first-order chi connectivity index (χ1) is 9.49. The number of aryl methyl sites for hydroxylation is 1. The molecule has 3 rings (SSSR count). The Morgan fingerprint density at radius 3 is 2.80 bits per heavy atom. The maximum absolute atomic E-state index is 12.5. The molecule has 0 saturated carbocycles. The molecule has 0 aromatic carbocycles. The lowest BCUT2D eigenvalue weighted by Gasteiger charge is -2.32. The minimum absolute atomic E-state index is 0.0119. The Hall–Kier alpha value is -0.510. The van der Waals surface area contributed by atoms with Crippen molar-refractivity contribution in [1.29, 1.82) is 0 Å². The van der Waals surface area contributed by atoms with E-state index < -0.39 is 10.0 Å². The van der Waals surface area contributed by atoms with Crippen LogP contribution in [0.5, 0.6) is 0 Å². The van der Waals surface area contributed by atoms with E-state index in [1.165, 1.54) is 17.5 Å². The Morgan fingerprint density at radius 1 is 1.30 bits per heavy atom. The lowest BCUT2D eigenvalue weighted by atomic mass is 10.00. The van der Waals surface area contributed by atoms with Gasteiger partial charge in [0.1, 0.15) is 0 Å². The first-order valence-corrected chi connectivity index (χ1v) is 9.08. The smallest absolute Gasteiger partial charge is 0.260 e. The molecule has 0 bridgehead atoms. The SMILES string of the molecule is Cn1nnc(Br)c1S(=O)(=O)NC1CCN2CCCCC12. The Labute approximate surface area is 126 Å². The van der Waals surface area contributed by atoms with Gasteiger partial charge in [0, 0.05) is 25.7 Å². The molecule has 2 atom stereocenters. The van der Waals surface area contributed by atoms with Gasteiger partial charge in [-0.15, -0.1) is 5.10 Å². The van der Waals surface area contributed by atoms with Crippen molar-refractivity contribution in [3.8, 4) is 0 Å². The third kappa shape index (κ3) is 2.51. The number of nitrogens with one attached hydrogen (secondary N) is 1. The van der Waals surface area contributed by atoms with Crippen molar-refractivity contribution in [2.24, 2.45) is 7.05 Å². The summed E-state index contributed by atoms with van der Waals surface area (Å²) in [7, 11) is -2.02. The normalized spacial score (nSPS) is 27.7. The molecule has 0 aliphatic carbocycles. The number of fused-ring (bicyclic) bond motifs is 1.